The zero-order valence-corrected chi connectivity index (χ0v) is 12.7. The van der Waals surface area contributed by atoms with Gasteiger partial charge in [-0.2, -0.15) is 0 Å². The normalized spacial score (nSPS) is 10.7. The summed E-state index contributed by atoms with van der Waals surface area (Å²) in [6.45, 7) is 2.54. The molecule has 0 spiro atoms. The largest absolute Gasteiger partial charge is 0.488 e. The van der Waals surface area contributed by atoms with E-state index in [0.717, 1.165) is 32.4 Å². The molecule has 100 valence electrons. The number of ether oxygens (including phenoxy) is 1. The number of rotatable bonds is 3. The molecule has 20 heavy (non-hydrogen) atoms. The molecule has 0 aliphatic carbocycles. The molecule has 1 aromatic heterocycles. The molecule has 0 aliphatic heterocycles. The minimum absolute atomic E-state index is 0.556. The van der Waals surface area contributed by atoms with Gasteiger partial charge in [-0.05, 0) is 36.8 Å². The van der Waals surface area contributed by atoms with Crippen LogP contribution in [0.4, 0.5) is 0 Å². The summed E-state index contributed by atoms with van der Waals surface area (Å²) in [5.74, 6) is 0.885. The number of aromatic nitrogens is 1. The zero-order valence-electron chi connectivity index (χ0n) is 11.1. The van der Waals surface area contributed by atoms with Gasteiger partial charge in [0.2, 0.25) is 0 Å². The van der Waals surface area contributed by atoms with Gasteiger partial charge in [0.1, 0.15) is 12.4 Å². The van der Waals surface area contributed by atoms with Crippen LogP contribution in [0.5, 0.6) is 5.75 Å². The molecule has 3 heteroatoms. The Morgan fingerprint density at radius 3 is 2.60 bits per heavy atom. The molecule has 2 aromatic carbocycles. The van der Waals surface area contributed by atoms with Crippen molar-refractivity contribution in [3.05, 3.63) is 70.3 Å². The molecule has 3 aromatic rings. The monoisotopic (exact) mass is 327 g/mol. The number of aryl methyl sites for hydroxylation is 1. The smallest absolute Gasteiger partial charge is 0.131 e. The van der Waals surface area contributed by atoms with Crippen LogP contribution >= 0.6 is 15.9 Å². The number of para-hydroxylation sites is 1. The Morgan fingerprint density at radius 1 is 1.05 bits per heavy atom. The molecular weight excluding hydrogens is 314 g/mol. The van der Waals surface area contributed by atoms with Crippen LogP contribution in [0.1, 0.15) is 11.3 Å². The lowest BCUT2D eigenvalue weighted by Crippen LogP contribution is -1.97. The summed E-state index contributed by atoms with van der Waals surface area (Å²) in [6, 6.07) is 18.2. The highest BCUT2D eigenvalue weighted by molar-refractivity contribution is 9.10. The summed E-state index contributed by atoms with van der Waals surface area (Å²) in [7, 11) is 0. The Morgan fingerprint density at radius 2 is 1.80 bits per heavy atom. The van der Waals surface area contributed by atoms with Crippen molar-refractivity contribution in [1.82, 2.24) is 4.98 Å². The van der Waals surface area contributed by atoms with Crippen molar-refractivity contribution in [3.8, 4) is 5.75 Å². The van der Waals surface area contributed by atoms with Gasteiger partial charge in [-0.25, -0.2) is 0 Å². The molecule has 0 bridgehead atoms. The molecule has 0 radical (unpaired) electrons. The van der Waals surface area contributed by atoms with E-state index in [0.29, 0.717) is 6.61 Å². The van der Waals surface area contributed by atoms with E-state index >= 15 is 0 Å². The first-order valence-electron chi connectivity index (χ1n) is 6.46. The topological polar surface area (TPSA) is 22.1 Å². The fraction of sp³-hybridized carbons (Fsp3) is 0.118. The maximum atomic E-state index is 5.97. The van der Waals surface area contributed by atoms with Crippen molar-refractivity contribution < 1.29 is 4.74 Å². The summed E-state index contributed by atoms with van der Waals surface area (Å²) in [5, 5.41) is 1.05. The van der Waals surface area contributed by atoms with Crippen molar-refractivity contribution in [2.45, 2.75) is 13.5 Å². The maximum Gasteiger partial charge on any atom is 0.131 e. The molecule has 0 aliphatic rings. The molecule has 0 atom stereocenters. The van der Waals surface area contributed by atoms with Crippen LogP contribution in [-0.2, 0) is 6.61 Å². The van der Waals surface area contributed by atoms with E-state index in [2.05, 4.69) is 33.0 Å². The first kappa shape index (κ1) is 13.1. The molecule has 0 unspecified atom stereocenters. The van der Waals surface area contributed by atoms with Gasteiger partial charge in [0, 0.05) is 21.6 Å². The highest BCUT2D eigenvalue weighted by atomic mass is 79.9. The molecule has 2 nitrogen and oxygen atoms in total. The Hall–Kier alpha value is -1.87. The highest BCUT2D eigenvalue weighted by Crippen LogP contribution is 2.26. The molecule has 0 saturated carbocycles. The van der Waals surface area contributed by atoms with Gasteiger partial charge in [0.25, 0.3) is 0 Å². The maximum absolute atomic E-state index is 5.97. The number of benzene rings is 2. The molecular formula is C17H14BrNO. The first-order chi connectivity index (χ1) is 9.72. The summed E-state index contributed by atoms with van der Waals surface area (Å²) >= 11 is 3.43. The Balaban J connectivity index is 1.88. The average Bonchev–Trinajstić information content (AvgIpc) is 2.46. The van der Waals surface area contributed by atoms with Gasteiger partial charge in [-0.1, -0.05) is 40.2 Å². The zero-order chi connectivity index (χ0) is 13.9. The number of hydrogen-bond donors (Lipinski definition) is 0. The minimum atomic E-state index is 0.556. The van der Waals surface area contributed by atoms with Crippen molar-refractivity contribution in [2.75, 3.05) is 0 Å². The Labute approximate surface area is 126 Å². The van der Waals surface area contributed by atoms with Gasteiger partial charge in [0.05, 0.1) is 5.52 Å². The van der Waals surface area contributed by atoms with Crippen LogP contribution in [0.15, 0.2) is 59.1 Å². The van der Waals surface area contributed by atoms with E-state index in [4.69, 9.17) is 4.74 Å². The summed E-state index contributed by atoms with van der Waals surface area (Å²) in [6.07, 6.45) is 0. The second-order valence-electron chi connectivity index (χ2n) is 4.69. The predicted octanol–water partition coefficient (Wildman–Crippen LogP) is 4.88. The number of pyridine rings is 1. The fourth-order valence-electron chi connectivity index (χ4n) is 2.13. The number of hydrogen-bond acceptors (Lipinski definition) is 2. The summed E-state index contributed by atoms with van der Waals surface area (Å²) < 4.78 is 7.05. The summed E-state index contributed by atoms with van der Waals surface area (Å²) in [5.41, 5.74) is 3.08. The van der Waals surface area contributed by atoms with Crippen LogP contribution in [-0.4, -0.2) is 4.98 Å². The Kier molecular flexibility index (Phi) is 3.70. The number of fused-ring (bicyclic) bond motifs is 1. The van der Waals surface area contributed by atoms with Gasteiger partial charge in [-0.15, -0.1) is 0 Å². The first-order valence-corrected chi connectivity index (χ1v) is 7.25. The van der Waals surface area contributed by atoms with Crippen LogP contribution in [0.2, 0.25) is 0 Å². The van der Waals surface area contributed by atoms with E-state index in [9.17, 15) is 0 Å². The average molecular weight is 328 g/mol. The van der Waals surface area contributed by atoms with E-state index in [-0.39, 0.29) is 0 Å². The standard InChI is InChI=1S/C17H14BrNO/c1-12-10-17(15-4-2-3-5-16(15)19-12)20-11-13-6-8-14(18)9-7-13/h2-10H,11H2,1H3. The SMILES string of the molecule is Cc1cc(OCc2ccc(Br)cc2)c2ccccc2n1. The third-order valence-electron chi connectivity index (χ3n) is 3.11. The lowest BCUT2D eigenvalue weighted by Gasteiger charge is -2.10. The lowest BCUT2D eigenvalue weighted by molar-refractivity contribution is 0.309. The van der Waals surface area contributed by atoms with E-state index in [1.54, 1.807) is 0 Å². The van der Waals surface area contributed by atoms with Crippen molar-refractivity contribution >= 4 is 26.8 Å². The number of nitrogens with zero attached hydrogens (tertiary/aromatic N) is 1. The van der Waals surface area contributed by atoms with Crippen LogP contribution < -0.4 is 4.74 Å². The molecule has 0 amide bonds. The van der Waals surface area contributed by atoms with E-state index in [1.807, 2.05) is 49.4 Å². The second-order valence-corrected chi connectivity index (χ2v) is 5.61. The number of halogens is 1. The van der Waals surface area contributed by atoms with Gasteiger partial charge in [-0.3, -0.25) is 4.98 Å². The molecule has 1 heterocycles. The molecule has 0 N–H and O–H groups in total. The predicted molar refractivity (Wildman–Crippen MR) is 85.0 cm³/mol. The minimum Gasteiger partial charge on any atom is -0.488 e. The highest BCUT2D eigenvalue weighted by Gasteiger charge is 2.05. The third-order valence-corrected chi connectivity index (χ3v) is 3.64. The van der Waals surface area contributed by atoms with Crippen LogP contribution in [0.3, 0.4) is 0 Å². The molecule has 0 fully saturated rings. The van der Waals surface area contributed by atoms with Crippen LogP contribution in [0, 0.1) is 6.92 Å². The third kappa shape index (κ3) is 2.83. The Bertz CT molecular complexity index is 738. The lowest BCUT2D eigenvalue weighted by atomic mass is 10.2. The van der Waals surface area contributed by atoms with Gasteiger partial charge < -0.3 is 4.74 Å². The van der Waals surface area contributed by atoms with Crippen molar-refractivity contribution in [2.24, 2.45) is 0 Å². The second kappa shape index (κ2) is 5.63. The summed E-state index contributed by atoms with van der Waals surface area (Å²) in [4.78, 5) is 4.52. The van der Waals surface area contributed by atoms with E-state index < -0.39 is 0 Å². The van der Waals surface area contributed by atoms with Crippen molar-refractivity contribution in [1.29, 1.82) is 0 Å². The van der Waals surface area contributed by atoms with Gasteiger partial charge in [0.15, 0.2) is 0 Å². The quantitative estimate of drug-likeness (QED) is 0.683. The van der Waals surface area contributed by atoms with Crippen LogP contribution in [0.25, 0.3) is 10.9 Å². The van der Waals surface area contributed by atoms with E-state index in [1.165, 1.54) is 0 Å². The van der Waals surface area contributed by atoms with Gasteiger partial charge >= 0.3 is 0 Å². The molecule has 0 saturated heterocycles. The molecule has 3 rings (SSSR count). The fourth-order valence-corrected chi connectivity index (χ4v) is 2.39. The van der Waals surface area contributed by atoms with Crippen molar-refractivity contribution in [3.63, 3.8) is 0 Å².